The Hall–Kier alpha value is -3.00. The van der Waals surface area contributed by atoms with E-state index in [1.165, 1.54) is 6.07 Å². The SMILES string of the molecule is Cc1cc(C)c(Nc2nc3cccc([N+](=O)[O-])c3n3cncc23)c(C)c1Br. The highest BCUT2D eigenvalue weighted by Gasteiger charge is 2.19. The van der Waals surface area contributed by atoms with Crippen molar-refractivity contribution in [2.75, 3.05) is 5.32 Å². The predicted molar refractivity (Wildman–Crippen MR) is 109 cm³/mol. The number of para-hydroxylation sites is 1. The van der Waals surface area contributed by atoms with Gasteiger partial charge in [-0.05, 0) is 43.5 Å². The van der Waals surface area contributed by atoms with E-state index in [0.717, 1.165) is 26.9 Å². The quantitative estimate of drug-likeness (QED) is 0.359. The molecule has 1 N–H and O–H groups in total. The molecule has 0 aliphatic rings. The normalized spacial score (nSPS) is 11.3. The second kappa shape index (κ2) is 6.31. The molecule has 0 fully saturated rings. The Labute approximate surface area is 163 Å². The van der Waals surface area contributed by atoms with Crippen molar-refractivity contribution in [1.29, 1.82) is 0 Å². The van der Waals surface area contributed by atoms with Crippen LogP contribution in [0.5, 0.6) is 0 Å². The number of rotatable bonds is 3. The smallest absolute Gasteiger partial charge is 0.295 e. The van der Waals surface area contributed by atoms with Crippen molar-refractivity contribution in [1.82, 2.24) is 14.4 Å². The number of benzene rings is 2. The van der Waals surface area contributed by atoms with E-state index in [9.17, 15) is 10.1 Å². The number of anilines is 2. The Morgan fingerprint density at radius 2 is 2.00 bits per heavy atom. The first-order valence-corrected chi connectivity index (χ1v) is 9.10. The molecule has 0 radical (unpaired) electrons. The lowest BCUT2D eigenvalue weighted by Crippen LogP contribution is -2.04. The van der Waals surface area contributed by atoms with Crippen molar-refractivity contribution in [3.05, 3.63) is 68.1 Å². The van der Waals surface area contributed by atoms with Gasteiger partial charge in [-0.2, -0.15) is 0 Å². The van der Waals surface area contributed by atoms with Crippen molar-refractivity contribution in [2.24, 2.45) is 0 Å². The predicted octanol–water partition coefficient (Wildman–Crippen LogP) is 5.22. The number of nitrogens with one attached hydrogen (secondary N) is 1. The summed E-state index contributed by atoms with van der Waals surface area (Å²) >= 11 is 3.63. The monoisotopic (exact) mass is 425 g/mol. The molecule has 0 aliphatic heterocycles. The van der Waals surface area contributed by atoms with Crippen molar-refractivity contribution in [2.45, 2.75) is 20.8 Å². The Kier molecular flexibility index (Phi) is 4.07. The highest BCUT2D eigenvalue weighted by atomic mass is 79.9. The lowest BCUT2D eigenvalue weighted by Gasteiger charge is -2.16. The number of halogens is 1. The van der Waals surface area contributed by atoms with Gasteiger partial charge in [-0.3, -0.25) is 14.5 Å². The van der Waals surface area contributed by atoms with Crippen LogP contribution >= 0.6 is 15.9 Å². The van der Waals surface area contributed by atoms with Gasteiger partial charge in [-0.25, -0.2) is 9.97 Å². The van der Waals surface area contributed by atoms with E-state index in [1.807, 2.05) is 13.8 Å². The zero-order valence-corrected chi connectivity index (χ0v) is 16.5. The maximum Gasteiger partial charge on any atom is 0.295 e. The Balaban J connectivity index is 1.98. The standard InChI is InChI=1S/C19H16BrN5O2/c1-10-7-11(2)17(12(3)16(10)20)23-19-15-8-21-9-24(15)18-13(22-19)5-4-6-14(18)25(26)27/h4-9H,1-3H3,(H,22,23). The van der Waals surface area contributed by atoms with Crippen LogP contribution in [-0.4, -0.2) is 19.3 Å². The molecule has 27 heavy (non-hydrogen) atoms. The molecule has 7 nitrogen and oxygen atoms in total. The summed E-state index contributed by atoms with van der Waals surface area (Å²) in [5.74, 6) is 0.599. The second-order valence-electron chi connectivity index (χ2n) is 6.46. The van der Waals surface area contributed by atoms with Gasteiger partial charge in [-0.15, -0.1) is 0 Å². The molecule has 0 unspecified atom stereocenters. The van der Waals surface area contributed by atoms with Gasteiger partial charge in [-0.1, -0.05) is 28.1 Å². The first kappa shape index (κ1) is 17.4. The number of non-ortho nitro benzene ring substituents is 1. The first-order valence-electron chi connectivity index (χ1n) is 8.31. The molecule has 0 atom stereocenters. The fourth-order valence-corrected chi connectivity index (χ4v) is 3.71. The van der Waals surface area contributed by atoms with Crippen LogP contribution in [0.25, 0.3) is 16.6 Å². The zero-order valence-electron chi connectivity index (χ0n) is 14.9. The van der Waals surface area contributed by atoms with E-state index in [-0.39, 0.29) is 5.69 Å². The maximum atomic E-state index is 11.4. The van der Waals surface area contributed by atoms with Crippen LogP contribution in [0.2, 0.25) is 0 Å². The molecule has 0 aliphatic carbocycles. The van der Waals surface area contributed by atoms with Crippen LogP contribution in [0.1, 0.15) is 16.7 Å². The molecule has 0 bridgehead atoms. The Bertz CT molecular complexity index is 1230. The molecule has 0 saturated carbocycles. The van der Waals surface area contributed by atoms with E-state index < -0.39 is 4.92 Å². The maximum absolute atomic E-state index is 11.4. The summed E-state index contributed by atoms with van der Waals surface area (Å²) in [5, 5.41) is 14.8. The van der Waals surface area contributed by atoms with E-state index in [1.54, 1.807) is 29.1 Å². The minimum atomic E-state index is -0.401. The van der Waals surface area contributed by atoms with Gasteiger partial charge < -0.3 is 5.32 Å². The summed E-state index contributed by atoms with van der Waals surface area (Å²) < 4.78 is 2.74. The third-order valence-electron chi connectivity index (χ3n) is 4.67. The molecule has 4 rings (SSSR count). The summed E-state index contributed by atoms with van der Waals surface area (Å²) in [4.78, 5) is 19.9. The minimum Gasteiger partial charge on any atom is -0.338 e. The largest absolute Gasteiger partial charge is 0.338 e. The highest BCUT2D eigenvalue weighted by Crippen LogP contribution is 2.35. The van der Waals surface area contributed by atoms with Crippen LogP contribution in [0, 0.1) is 30.9 Å². The van der Waals surface area contributed by atoms with Gasteiger partial charge in [0.25, 0.3) is 5.69 Å². The van der Waals surface area contributed by atoms with Gasteiger partial charge in [0.15, 0.2) is 11.3 Å². The topological polar surface area (TPSA) is 85.4 Å². The minimum absolute atomic E-state index is 0.00000791. The fraction of sp³-hybridized carbons (Fsp3) is 0.158. The summed E-state index contributed by atoms with van der Waals surface area (Å²) in [5.41, 5.74) is 5.91. The fourth-order valence-electron chi connectivity index (χ4n) is 3.39. The number of hydrogen-bond acceptors (Lipinski definition) is 5. The summed E-state index contributed by atoms with van der Waals surface area (Å²) in [6.45, 7) is 6.12. The Morgan fingerprint density at radius 1 is 1.22 bits per heavy atom. The van der Waals surface area contributed by atoms with Gasteiger partial charge in [0.1, 0.15) is 11.8 Å². The first-order chi connectivity index (χ1) is 12.9. The van der Waals surface area contributed by atoms with Crippen molar-refractivity contribution >= 4 is 49.7 Å². The molecule has 0 spiro atoms. The number of aryl methyl sites for hydroxylation is 2. The molecule has 4 aromatic rings. The molecule has 2 aromatic carbocycles. The molecule has 136 valence electrons. The third-order valence-corrected chi connectivity index (χ3v) is 5.89. The number of nitro groups is 1. The molecular formula is C19H16BrN5O2. The van der Waals surface area contributed by atoms with E-state index in [0.29, 0.717) is 22.4 Å². The second-order valence-corrected chi connectivity index (χ2v) is 7.25. The average molecular weight is 426 g/mol. The van der Waals surface area contributed by atoms with Gasteiger partial charge in [0.05, 0.1) is 16.6 Å². The number of aromatic nitrogens is 3. The van der Waals surface area contributed by atoms with Crippen LogP contribution in [0.4, 0.5) is 17.2 Å². The summed E-state index contributed by atoms with van der Waals surface area (Å²) in [6.07, 6.45) is 3.22. The molecule has 2 heterocycles. The van der Waals surface area contributed by atoms with Crippen LogP contribution < -0.4 is 5.32 Å². The van der Waals surface area contributed by atoms with E-state index >= 15 is 0 Å². The van der Waals surface area contributed by atoms with Crippen molar-refractivity contribution < 1.29 is 4.92 Å². The Morgan fingerprint density at radius 3 is 2.74 bits per heavy atom. The molecular weight excluding hydrogens is 410 g/mol. The number of nitrogens with zero attached hydrogens (tertiary/aromatic N) is 4. The van der Waals surface area contributed by atoms with Crippen LogP contribution in [-0.2, 0) is 0 Å². The number of hydrogen-bond donors (Lipinski definition) is 1. The van der Waals surface area contributed by atoms with Gasteiger partial charge in [0.2, 0.25) is 0 Å². The third kappa shape index (κ3) is 2.73. The molecule has 0 amide bonds. The molecule has 0 saturated heterocycles. The van der Waals surface area contributed by atoms with Gasteiger partial charge >= 0.3 is 0 Å². The lowest BCUT2D eigenvalue weighted by atomic mass is 10.0. The zero-order chi connectivity index (χ0) is 19.3. The molecule has 2 aromatic heterocycles. The summed E-state index contributed by atoms with van der Waals surface area (Å²) in [6, 6.07) is 6.97. The number of nitro benzene ring substituents is 1. The average Bonchev–Trinajstić information content (AvgIpc) is 3.12. The van der Waals surface area contributed by atoms with Gasteiger partial charge in [0, 0.05) is 16.2 Å². The summed E-state index contributed by atoms with van der Waals surface area (Å²) in [7, 11) is 0. The lowest BCUT2D eigenvalue weighted by molar-refractivity contribution is -0.383. The van der Waals surface area contributed by atoms with Crippen LogP contribution in [0.15, 0.2) is 41.3 Å². The van der Waals surface area contributed by atoms with Crippen LogP contribution in [0.3, 0.4) is 0 Å². The molecule has 8 heteroatoms. The highest BCUT2D eigenvalue weighted by molar-refractivity contribution is 9.10. The van der Waals surface area contributed by atoms with E-state index in [4.69, 9.17) is 0 Å². The number of imidazole rings is 1. The van der Waals surface area contributed by atoms with Crippen molar-refractivity contribution in [3.8, 4) is 0 Å². The number of fused-ring (bicyclic) bond motifs is 3. The van der Waals surface area contributed by atoms with E-state index in [2.05, 4.69) is 44.2 Å². The van der Waals surface area contributed by atoms with Crippen molar-refractivity contribution in [3.63, 3.8) is 0 Å².